The first-order chi connectivity index (χ1) is 6.83. The maximum absolute atomic E-state index is 11.4. The van der Waals surface area contributed by atoms with Crippen molar-refractivity contribution < 1.29 is 4.79 Å². The van der Waals surface area contributed by atoms with E-state index in [1.54, 1.807) is 6.20 Å². The molecule has 0 aliphatic carbocycles. The Labute approximate surface area is 88.8 Å². The highest BCUT2D eigenvalue weighted by Gasteiger charge is 2.03. The minimum absolute atomic E-state index is 0.267. The van der Waals surface area contributed by atoms with Gasteiger partial charge >= 0.3 is 0 Å². The summed E-state index contributed by atoms with van der Waals surface area (Å²) in [5.41, 5.74) is 0.896. The van der Waals surface area contributed by atoms with E-state index in [2.05, 4.69) is 10.2 Å². The van der Waals surface area contributed by atoms with Crippen molar-refractivity contribution in [2.75, 3.05) is 5.88 Å². The molecule has 0 aliphatic rings. The summed E-state index contributed by atoms with van der Waals surface area (Å²) in [5.74, 6) is 0.957. The molecule has 0 spiro atoms. The maximum atomic E-state index is 11.4. The molecule has 1 aromatic heterocycles. The third-order valence-electron chi connectivity index (χ3n) is 2.04. The lowest BCUT2D eigenvalue weighted by Crippen LogP contribution is -2.02. The quantitative estimate of drug-likeness (QED) is 0.559. The van der Waals surface area contributed by atoms with E-state index in [4.69, 9.17) is 11.6 Å². The van der Waals surface area contributed by atoms with Crippen molar-refractivity contribution in [2.45, 2.75) is 32.1 Å². The fraction of sp³-hybridized carbons (Fsp3) is 0.600. The van der Waals surface area contributed by atoms with E-state index in [0.717, 1.165) is 25.0 Å². The molecule has 0 saturated heterocycles. The monoisotopic (exact) mass is 214 g/mol. The van der Waals surface area contributed by atoms with E-state index in [9.17, 15) is 4.79 Å². The zero-order chi connectivity index (χ0) is 10.2. The second-order valence-corrected chi connectivity index (χ2v) is 3.67. The minimum atomic E-state index is 0.267. The number of H-pyrrole nitrogens is 1. The van der Waals surface area contributed by atoms with Gasteiger partial charge in [-0.15, -0.1) is 11.6 Å². The molecule has 0 radical (unpaired) electrons. The second kappa shape index (κ2) is 6.60. The predicted octanol–water partition coefficient (Wildman–Crippen LogP) is 2.32. The molecule has 4 heteroatoms. The SMILES string of the molecule is O=C(CCCCCCl)Cc1ccn[nH]1. The molecule has 78 valence electrons. The van der Waals surface area contributed by atoms with Gasteiger partial charge in [-0.25, -0.2) is 0 Å². The highest BCUT2D eigenvalue weighted by molar-refractivity contribution is 6.17. The number of ketones is 1. The topological polar surface area (TPSA) is 45.8 Å². The standard InChI is InChI=1S/C10H15ClN2O/c11-6-3-1-2-4-10(14)8-9-5-7-12-13-9/h5,7H,1-4,6,8H2,(H,12,13). The number of Topliss-reactive ketones (excluding diaryl/α,β-unsaturated/α-hetero) is 1. The van der Waals surface area contributed by atoms with Crippen molar-refractivity contribution in [3.05, 3.63) is 18.0 Å². The van der Waals surface area contributed by atoms with Crippen molar-refractivity contribution in [1.82, 2.24) is 10.2 Å². The number of nitrogens with one attached hydrogen (secondary N) is 1. The summed E-state index contributed by atoms with van der Waals surface area (Å²) in [7, 11) is 0. The number of hydrogen-bond acceptors (Lipinski definition) is 2. The van der Waals surface area contributed by atoms with Crippen molar-refractivity contribution >= 4 is 17.4 Å². The Morgan fingerprint density at radius 3 is 2.93 bits per heavy atom. The number of aromatic amines is 1. The first kappa shape index (κ1) is 11.2. The number of alkyl halides is 1. The number of hydrogen-bond donors (Lipinski definition) is 1. The highest BCUT2D eigenvalue weighted by atomic mass is 35.5. The van der Waals surface area contributed by atoms with Gasteiger partial charge in [0.2, 0.25) is 0 Å². The first-order valence-corrected chi connectivity index (χ1v) is 5.42. The number of unbranched alkanes of at least 4 members (excludes halogenated alkanes) is 2. The number of halogens is 1. The molecule has 14 heavy (non-hydrogen) atoms. The molecule has 0 bridgehead atoms. The molecule has 0 aromatic carbocycles. The smallest absolute Gasteiger partial charge is 0.138 e. The second-order valence-electron chi connectivity index (χ2n) is 3.30. The zero-order valence-electron chi connectivity index (χ0n) is 8.13. The molecule has 1 aromatic rings. The summed E-state index contributed by atoms with van der Waals surface area (Å²) in [6.45, 7) is 0. The van der Waals surface area contributed by atoms with Gasteiger partial charge in [0.1, 0.15) is 5.78 Å². The fourth-order valence-corrected chi connectivity index (χ4v) is 1.47. The fourth-order valence-electron chi connectivity index (χ4n) is 1.28. The van der Waals surface area contributed by atoms with E-state index in [-0.39, 0.29) is 5.78 Å². The number of carbonyl (C=O) groups excluding carboxylic acids is 1. The summed E-state index contributed by atoms with van der Waals surface area (Å²) < 4.78 is 0. The van der Waals surface area contributed by atoms with Crippen LogP contribution in [0.15, 0.2) is 12.3 Å². The first-order valence-electron chi connectivity index (χ1n) is 4.89. The van der Waals surface area contributed by atoms with Gasteiger partial charge in [-0.1, -0.05) is 6.42 Å². The Balaban J connectivity index is 2.11. The molecular formula is C10H15ClN2O. The molecule has 0 amide bonds. The summed E-state index contributed by atoms with van der Waals surface area (Å²) in [5, 5.41) is 6.57. The number of nitrogens with zero attached hydrogens (tertiary/aromatic N) is 1. The van der Waals surface area contributed by atoms with Gasteiger partial charge in [-0.3, -0.25) is 9.89 Å². The third kappa shape index (κ3) is 4.42. The molecular weight excluding hydrogens is 200 g/mol. The lowest BCUT2D eigenvalue weighted by Gasteiger charge is -1.98. The Morgan fingerprint density at radius 1 is 1.43 bits per heavy atom. The Morgan fingerprint density at radius 2 is 2.29 bits per heavy atom. The van der Waals surface area contributed by atoms with Crippen molar-refractivity contribution in [3.8, 4) is 0 Å². The lowest BCUT2D eigenvalue weighted by atomic mass is 10.1. The zero-order valence-corrected chi connectivity index (χ0v) is 8.89. The van der Waals surface area contributed by atoms with Crippen LogP contribution in [-0.2, 0) is 11.2 Å². The van der Waals surface area contributed by atoms with Gasteiger partial charge in [0.15, 0.2) is 0 Å². The predicted molar refractivity (Wildman–Crippen MR) is 56.5 cm³/mol. The molecule has 0 fully saturated rings. The Hall–Kier alpha value is -0.830. The number of rotatable bonds is 7. The number of carbonyl (C=O) groups is 1. The van der Waals surface area contributed by atoms with Crippen molar-refractivity contribution in [1.29, 1.82) is 0 Å². The van der Waals surface area contributed by atoms with E-state index in [1.807, 2.05) is 6.07 Å². The van der Waals surface area contributed by atoms with Crippen LogP contribution in [0.3, 0.4) is 0 Å². The van der Waals surface area contributed by atoms with Crippen LogP contribution in [0.2, 0.25) is 0 Å². The molecule has 3 nitrogen and oxygen atoms in total. The molecule has 0 unspecified atom stereocenters. The molecule has 1 N–H and O–H groups in total. The molecule has 0 aliphatic heterocycles. The van der Waals surface area contributed by atoms with Crippen LogP contribution in [0, 0.1) is 0 Å². The Bertz CT molecular complexity index is 259. The molecule has 1 rings (SSSR count). The van der Waals surface area contributed by atoms with Crippen LogP contribution in [0.1, 0.15) is 31.4 Å². The molecule has 0 atom stereocenters. The van der Waals surface area contributed by atoms with Gasteiger partial charge in [0, 0.05) is 30.6 Å². The van der Waals surface area contributed by atoms with Crippen LogP contribution in [-0.4, -0.2) is 21.9 Å². The number of aromatic nitrogens is 2. The van der Waals surface area contributed by atoms with Gasteiger partial charge in [-0.05, 0) is 18.9 Å². The largest absolute Gasteiger partial charge is 0.299 e. The average Bonchev–Trinajstić information content (AvgIpc) is 2.65. The van der Waals surface area contributed by atoms with Crippen molar-refractivity contribution in [3.63, 3.8) is 0 Å². The molecule has 0 saturated carbocycles. The summed E-state index contributed by atoms with van der Waals surface area (Å²) in [4.78, 5) is 11.4. The van der Waals surface area contributed by atoms with Gasteiger partial charge in [0.25, 0.3) is 0 Å². The van der Waals surface area contributed by atoms with E-state index in [0.29, 0.717) is 18.7 Å². The van der Waals surface area contributed by atoms with Gasteiger partial charge in [0.05, 0.1) is 0 Å². The summed E-state index contributed by atoms with van der Waals surface area (Å²) in [6, 6.07) is 1.83. The van der Waals surface area contributed by atoms with Crippen LogP contribution < -0.4 is 0 Å². The van der Waals surface area contributed by atoms with Gasteiger partial charge in [-0.2, -0.15) is 5.10 Å². The van der Waals surface area contributed by atoms with Crippen LogP contribution >= 0.6 is 11.6 Å². The highest BCUT2D eigenvalue weighted by Crippen LogP contribution is 2.04. The van der Waals surface area contributed by atoms with E-state index in [1.165, 1.54) is 0 Å². The normalized spacial score (nSPS) is 10.4. The van der Waals surface area contributed by atoms with Crippen molar-refractivity contribution in [2.24, 2.45) is 0 Å². The van der Waals surface area contributed by atoms with E-state index < -0.39 is 0 Å². The summed E-state index contributed by atoms with van der Waals surface area (Å²) in [6.07, 6.45) is 5.77. The maximum Gasteiger partial charge on any atom is 0.138 e. The third-order valence-corrected chi connectivity index (χ3v) is 2.30. The average molecular weight is 215 g/mol. The van der Waals surface area contributed by atoms with Crippen LogP contribution in [0.25, 0.3) is 0 Å². The van der Waals surface area contributed by atoms with Crippen LogP contribution in [0.5, 0.6) is 0 Å². The van der Waals surface area contributed by atoms with Gasteiger partial charge < -0.3 is 0 Å². The Kier molecular flexibility index (Phi) is 5.30. The van der Waals surface area contributed by atoms with E-state index >= 15 is 0 Å². The minimum Gasteiger partial charge on any atom is -0.299 e. The lowest BCUT2D eigenvalue weighted by molar-refractivity contribution is -0.118. The molecule has 1 heterocycles. The van der Waals surface area contributed by atoms with Crippen LogP contribution in [0.4, 0.5) is 0 Å². The summed E-state index contributed by atoms with van der Waals surface area (Å²) >= 11 is 5.53.